The summed E-state index contributed by atoms with van der Waals surface area (Å²) >= 11 is 1.47. The third-order valence-corrected chi connectivity index (χ3v) is 3.88. The Balaban J connectivity index is 2.01. The predicted molar refractivity (Wildman–Crippen MR) is 84.0 cm³/mol. The van der Waals surface area contributed by atoms with E-state index in [-0.39, 0.29) is 5.91 Å². The summed E-state index contributed by atoms with van der Waals surface area (Å²) in [5.41, 5.74) is 4.40. The lowest BCUT2D eigenvalue weighted by atomic mass is 10.2. The first-order chi connectivity index (χ1) is 9.70. The van der Waals surface area contributed by atoms with Crippen LogP contribution in [0.1, 0.15) is 20.3 Å². The van der Waals surface area contributed by atoms with Crippen molar-refractivity contribution in [2.24, 2.45) is 5.10 Å². The number of benzene rings is 1. The number of amides is 1. The van der Waals surface area contributed by atoms with Gasteiger partial charge in [-0.15, -0.1) is 11.8 Å². The van der Waals surface area contributed by atoms with E-state index in [9.17, 15) is 4.79 Å². The Kier molecular flexibility index (Phi) is 5.12. The number of carbonyl (C=O) groups excluding carboxylic acids is 1. The van der Waals surface area contributed by atoms with E-state index in [2.05, 4.69) is 15.5 Å². The van der Waals surface area contributed by atoms with Crippen molar-refractivity contribution in [3.63, 3.8) is 0 Å². The zero-order valence-corrected chi connectivity index (χ0v) is 12.4. The number of fused-ring (bicyclic) bond motifs is 1. The molecule has 1 aromatic heterocycles. The van der Waals surface area contributed by atoms with E-state index < -0.39 is 0 Å². The number of rotatable bonds is 5. The molecule has 0 unspecified atom stereocenters. The molecule has 1 aromatic carbocycles. The minimum atomic E-state index is -0.101. The topological polar surface area (TPSA) is 54.4 Å². The summed E-state index contributed by atoms with van der Waals surface area (Å²) in [5, 5.41) is 5.09. The molecule has 20 heavy (non-hydrogen) atoms. The Morgan fingerprint density at radius 1 is 1.35 bits per heavy atom. The van der Waals surface area contributed by atoms with Crippen LogP contribution in [0.3, 0.4) is 0 Å². The Hall–Kier alpha value is -1.88. The Morgan fingerprint density at radius 2 is 2.15 bits per heavy atom. The number of hydrazone groups is 1. The molecule has 0 aliphatic rings. The molecule has 0 saturated carbocycles. The van der Waals surface area contributed by atoms with Gasteiger partial charge in [0.1, 0.15) is 0 Å². The van der Waals surface area contributed by atoms with Gasteiger partial charge in [0.15, 0.2) is 0 Å². The summed E-state index contributed by atoms with van der Waals surface area (Å²) in [5.74, 6) is 0.228. The smallest absolute Gasteiger partial charge is 0.250 e. The monoisotopic (exact) mass is 287 g/mol. The van der Waals surface area contributed by atoms with Gasteiger partial charge in [-0.1, -0.05) is 25.1 Å². The number of hydrogen-bond acceptors (Lipinski definition) is 4. The number of pyridine rings is 1. The lowest BCUT2D eigenvalue weighted by molar-refractivity contribution is -0.118. The number of thioether (sulfide) groups is 1. The summed E-state index contributed by atoms with van der Waals surface area (Å²) in [4.78, 5) is 17.1. The molecule has 0 fully saturated rings. The molecule has 0 atom stereocenters. The molecule has 1 amide bonds. The molecule has 104 valence electrons. The molecular weight excluding hydrogens is 270 g/mol. The maximum Gasteiger partial charge on any atom is 0.250 e. The zero-order valence-electron chi connectivity index (χ0n) is 11.6. The maximum absolute atomic E-state index is 11.7. The average molecular weight is 287 g/mol. The second kappa shape index (κ2) is 7.05. The highest BCUT2D eigenvalue weighted by Crippen LogP contribution is 2.25. The van der Waals surface area contributed by atoms with Crippen molar-refractivity contribution in [3.8, 4) is 0 Å². The predicted octanol–water partition coefficient (Wildman–Crippen LogP) is 3.23. The van der Waals surface area contributed by atoms with Crippen molar-refractivity contribution < 1.29 is 4.79 Å². The van der Waals surface area contributed by atoms with Gasteiger partial charge in [-0.3, -0.25) is 9.78 Å². The van der Waals surface area contributed by atoms with Crippen LogP contribution in [-0.4, -0.2) is 22.4 Å². The third kappa shape index (κ3) is 3.81. The number of nitrogens with one attached hydrogen (secondary N) is 1. The highest BCUT2D eigenvalue weighted by molar-refractivity contribution is 8.00. The number of nitrogens with zero attached hydrogens (tertiary/aromatic N) is 2. The molecule has 2 aromatic rings. The minimum absolute atomic E-state index is 0.101. The Labute approximate surface area is 122 Å². The van der Waals surface area contributed by atoms with Gasteiger partial charge in [0.2, 0.25) is 5.91 Å². The summed E-state index contributed by atoms with van der Waals surface area (Å²) in [6.07, 6.45) is 2.60. The van der Waals surface area contributed by atoms with E-state index in [0.29, 0.717) is 5.75 Å². The van der Waals surface area contributed by atoms with Gasteiger partial charge in [0.25, 0.3) is 0 Å². The van der Waals surface area contributed by atoms with E-state index in [4.69, 9.17) is 0 Å². The molecule has 4 nitrogen and oxygen atoms in total. The fourth-order valence-corrected chi connectivity index (χ4v) is 2.44. The molecular formula is C15H17N3OS. The third-order valence-electron chi connectivity index (χ3n) is 2.84. The first kappa shape index (κ1) is 14.5. The van der Waals surface area contributed by atoms with E-state index in [1.165, 1.54) is 11.8 Å². The number of carbonyl (C=O) groups is 1. The van der Waals surface area contributed by atoms with Gasteiger partial charge in [0, 0.05) is 22.2 Å². The molecule has 1 N–H and O–H groups in total. The Bertz CT molecular complexity index is 635. The fourth-order valence-electron chi connectivity index (χ4n) is 1.61. The van der Waals surface area contributed by atoms with Gasteiger partial charge in [-0.25, -0.2) is 5.43 Å². The van der Waals surface area contributed by atoms with Crippen molar-refractivity contribution in [1.82, 2.24) is 10.4 Å². The van der Waals surface area contributed by atoms with Gasteiger partial charge in [-0.2, -0.15) is 5.10 Å². The number of aromatic nitrogens is 1. The molecule has 0 spiro atoms. The summed E-state index contributed by atoms with van der Waals surface area (Å²) < 4.78 is 0. The first-order valence-corrected chi connectivity index (χ1v) is 7.48. The van der Waals surface area contributed by atoms with Crippen LogP contribution >= 0.6 is 11.8 Å². The van der Waals surface area contributed by atoms with Crippen LogP contribution in [0.4, 0.5) is 0 Å². The quantitative estimate of drug-likeness (QED) is 0.522. The van der Waals surface area contributed by atoms with Gasteiger partial charge in [0.05, 0.1) is 11.3 Å². The van der Waals surface area contributed by atoms with Gasteiger partial charge in [-0.05, 0) is 25.5 Å². The lowest BCUT2D eigenvalue weighted by Gasteiger charge is -2.05. The van der Waals surface area contributed by atoms with Gasteiger partial charge < -0.3 is 0 Å². The van der Waals surface area contributed by atoms with Crippen molar-refractivity contribution in [2.45, 2.75) is 25.2 Å². The summed E-state index contributed by atoms with van der Waals surface area (Å²) in [6.45, 7) is 3.89. The van der Waals surface area contributed by atoms with Crippen LogP contribution in [0.2, 0.25) is 0 Å². The first-order valence-electron chi connectivity index (χ1n) is 6.49. The normalized spacial score (nSPS) is 11.6. The maximum atomic E-state index is 11.7. The SMILES string of the molecule is CC/C(C)=N\NC(=O)CSc1cccc2cccnc12. The lowest BCUT2D eigenvalue weighted by Crippen LogP contribution is -2.20. The van der Waals surface area contributed by atoms with Crippen LogP contribution in [-0.2, 0) is 4.79 Å². The standard InChI is InChI=1S/C15H17N3OS/c1-3-11(2)17-18-14(19)10-20-13-8-4-6-12-7-5-9-16-15(12)13/h4-9H,3,10H2,1-2H3,(H,18,19)/b17-11-. The second-order valence-electron chi connectivity index (χ2n) is 4.36. The van der Waals surface area contributed by atoms with Crippen molar-refractivity contribution >= 4 is 34.3 Å². The van der Waals surface area contributed by atoms with E-state index in [1.807, 2.05) is 44.2 Å². The summed E-state index contributed by atoms with van der Waals surface area (Å²) in [6, 6.07) is 9.89. The number of para-hydroxylation sites is 1. The van der Waals surface area contributed by atoms with E-state index in [0.717, 1.165) is 27.9 Å². The number of hydrogen-bond donors (Lipinski definition) is 1. The minimum Gasteiger partial charge on any atom is -0.272 e. The van der Waals surface area contributed by atoms with Crippen molar-refractivity contribution in [3.05, 3.63) is 36.5 Å². The van der Waals surface area contributed by atoms with Crippen LogP contribution in [0, 0.1) is 0 Å². The highest BCUT2D eigenvalue weighted by atomic mass is 32.2. The molecule has 0 aliphatic heterocycles. The molecule has 0 saturated heterocycles. The zero-order chi connectivity index (χ0) is 14.4. The highest BCUT2D eigenvalue weighted by Gasteiger charge is 2.06. The van der Waals surface area contributed by atoms with Crippen molar-refractivity contribution in [2.75, 3.05) is 5.75 Å². The van der Waals surface area contributed by atoms with Crippen molar-refractivity contribution in [1.29, 1.82) is 0 Å². The second-order valence-corrected chi connectivity index (χ2v) is 5.37. The summed E-state index contributed by atoms with van der Waals surface area (Å²) in [7, 11) is 0. The van der Waals surface area contributed by atoms with Crippen LogP contribution < -0.4 is 5.43 Å². The van der Waals surface area contributed by atoms with E-state index >= 15 is 0 Å². The fraction of sp³-hybridized carbons (Fsp3) is 0.267. The molecule has 2 rings (SSSR count). The van der Waals surface area contributed by atoms with Crippen LogP contribution in [0.5, 0.6) is 0 Å². The van der Waals surface area contributed by atoms with Crippen LogP contribution in [0.25, 0.3) is 10.9 Å². The largest absolute Gasteiger partial charge is 0.272 e. The Morgan fingerprint density at radius 3 is 2.95 bits per heavy atom. The molecule has 0 bridgehead atoms. The average Bonchev–Trinajstić information content (AvgIpc) is 2.50. The van der Waals surface area contributed by atoms with E-state index in [1.54, 1.807) is 6.20 Å². The molecule has 1 heterocycles. The molecule has 0 aliphatic carbocycles. The molecule has 5 heteroatoms. The molecule has 0 radical (unpaired) electrons. The van der Waals surface area contributed by atoms with Gasteiger partial charge >= 0.3 is 0 Å². The van der Waals surface area contributed by atoms with Crippen LogP contribution in [0.15, 0.2) is 46.5 Å².